The second-order valence-electron chi connectivity index (χ2n) is 3.98. The minimum absolute atomic E-state index is 0.0780. The minimum Gasteiger partial charge on any atom is -0.361 e. The maximum absolute atomic E-state index is 10.6. The molecule has 84 valence electrons. The number of hydrogen-bond donors (Lipinski definition) is 2. The lowest BCUT2D eigenvalue weighted by Crippen LogP contribution is -2.17. The zero-order valence-electron chi connectivity index (χ0n) is 8.93. The monoisotopic (exact) mass is 219 g/mol. The van der Waals surface area contributed by atoms with E-state index in [9.17, 15) is 10.1 Å². The number of fused-ring (bicyclic) bond motifs is 1. The summed E-state index contributed by atoms with van der Waals surface area (Å²) < 4.78 is 0. The summed E-state index contributed by atoms with van der Waals surface area (Å²) >= 11 is 0. The van der Waals surface area contributed by atoms with Gasteiger partial charge in [0.1, 0.15) is 0 Å². The van der Waals surface area contributed by atoms with Crippen LogP contribution in [0.2, 0.25) is 0 Å². The van der Waals surface area contributed by atoms with Crippen molar-refractivity contribution in [3.8, 4) is 0 Å². The van der Waals surface area contributed by atoms with Crippen LogP contribution >= 0.6 is 0 Å². The van der Waals surface area contributed by atoms with E-state index in [2.05, 4.69) is 4.98 Å². The second kappa shape index (κ2) is 3.94. The zero-order valence-corrected chi connectivity index (χ0v) is 8.93. The molecule has 5 heteroatoms. The lowest BCUT2D eigenvalue weighted by atomic mass is 10.1. The molecule has 0 saturated carbocycles. The number of aromatic nitrogens is 1. The summed E-state index contributed by atoms with van der Waals surface area (Å²) in [7, 11) is 0. The SMILES string of the molecule is C[C@H](N)Cc1c[nH]c2cc([N+](=O)[O-])ccc12. The van der Waals surface area contributed by atoms with Crippen molar-refractivity contribution in [1.29, 1.82) is 0 Å². The van der Waals surface area contributed by atoms with Gasteiger partial charge in [-0.05, 0) is 25.0 Å². The summed E-state index contributed by atoms with van der Waals surface area (Å²) in [5, 5.41) is 11.6. The number of nitrogens with two attached hydrogens (primary N) is 1. The van der Waals surface area contributed by atoms with Crippen LogP contribution in [0, 0.1) is 10.1 Å². The van der Waals surface area contributed by atoms with Crippen molar-refractivity contribution in [2.24, 2.45) is 5.73 Å². The smallest absolute Gasteiger partial charge is 0.271 e. The number of non-ortho nitro benzene ring substituents is 1. The first-order valence-corrected chi connectivity index (χ1v) is 5.08. The van der Waals surface area contributed by atoms with E-state index >= 15 is 0 Å². The second-order valence-corrected chi connectivity index (χ2v) is 3.98. The normalized spacial score (nSPS) is 12.9. The van der Waals surface area contributed by atoms with Gasteiger partial charge < -0.3 is 10.7 Å². The summed E-state index contributed by atoms with van der Waals surface area (Å²) in [4.78, 5) is 13.2. The predicted octanol–water partition coefficient (Wildman–Crippen LogP) is 1.97. The van der Waals surface area contributed by atoms with E-state index in [0.717, 1.165) is 22.9 Å². The molecule has 0 amide bonds. The van der Waals surface area contributed by atoms with Gasteiger partial charge >= 0.3 is 0 Å². The van der Waals surface area contributed by atoms with Crippen molar-refractivity contribution in [3.63, 3.8) is 0 Å². The molecule has 1 heterocycles. The van der Waals surface area contributed by atoms with E-state index in [1.165, 1.54) is 6.07 Å². The molecule has 0 saturated heterocycles. The van der Waals surface area contributed by atoms with Gasteiger partial charge in [-0.25, -0.2) is 0 Å². The van der Waals surface area contributed by atoms with Gasteiger partial charge in [0.05, 0.1) is 10.4 Å². The summed E-state index contributed by atoms with van der Waals surface area (Å²) in [6, 6.07) is 4.90. The van der Waals surface area contributed by atoms with Crippen molar-refractivity contribution in [1.82, 2.24) is 4.98 Å². The van der Waals surface area contributed by atoms with Crippen LogP contribution in [-0.4, -0.2) is 15.9 Å². The Balaban J connectivity index is 2.46. The fourth-order valence-corrected chi connectivity index (χ4v) is 1.80. The Hall–Kier alpha value is -1.88. The third-order valence-corrected chi connectivity index (χ3v) is 2.50. The maximum Gasteiger partial charge on any atom is 0.271 e. The number of nitro benzene ring substituents is 1. The van der Waals surface area contributed by atoms with Gasteiger partial charge in [-0.15, -0.1) is 0 Å². The highest BCUT2D eigenvalue weighted by molar-refractivity contribution is 5.85. The molecule has 16 heavy (non-hydrogen) atoms. The Bertz CT molecular complexity index is 531. The van der Waals surface area contributed by atoms with E-state index in [0.29, 0.717) is 0 Å². The van der Waals surface area contributed by atoms with Gasteiger partial charge in [0, 0.05) is 29.8 Å². The number of benzene rings is 1. The molecular weight excluding hydrogens is 206 g/mol. The molecule has 3 N–H and O–H groups in total. The average Bonchev–Trinajstić information content (AvgIpc) is 2.60. The summed E-state index contributed by atoms with van der Waals surface area (Å²) in [5.41, 5.74) is 7.71. The van der Waals surface area contributed by atoms with Crippen LogP contribution < -0.4 is 5.73 Å². The van der Waals surface area contributed by atoms with E-state index in [4.69, 9.17) is 5.73 Å². The first kappa shape index (κ1) is 10.6. The first-order chi connectivity index (χ1) is 7.58. The molecule has 1 atom stereocenters. The predicted molar refractivity (Wildman–Crippen MR) is 62.3 cm³/mol. The van der Waals surface area contributed by atoms with Crippen LogP contribution in [0.25, 0.3) is 10.9 Å². The Labute approximate surface area is 92.4 Å². The molecule has 0 spiro atoms. The van der Waals surface area contributed by atoms with Crippen LogP contribution in [0.15, 0.2) is 24.4 Å². The van der Waals surface area contributed by atoms with E-state index < -0.39 is 4.92 Å². The fraction of sp³-hybridized carbons (Fsp3) is 0.273. The molecule has 0 aliphatic rings. The molecule has 2 aromatic rings. The molecule has 0 aliphatic heterocycles. The Morgan fingerprint density at radius 1 is 1.56 bits per heavy atom. The number of nitrogens with zero attached hydrogens (tertiary/aromatic N) is 1. The number of rotatable bonds is 3. The van der Waals surface area contributed by atoms with Crippen molar-refractivity contribution in [2.75, 3.05) is 0 Å². The van der Waals surface area contributed by atoms with Crippen LogP contribution in [-0.2, 0) is 6.42 Å². The van der Waals surface area contributed by atoms with Crippen LogP contribution in [0.3, 0.4) is 0 Å². The fourth-order valence-electron chi connectivity index (χ4n) is 1.80. The first-order valence-electron chi connectivity index (χ1n) is 5.08. The zero-order chi connectivity index (χ0) is 11.7. The highest BCUT2D eigenvalue weighted by Gasteiger charge is 2.10. The molecule has 0 radical (unpaired) electrons. The van der Waals surface area contributed by atoms with Gasteiger partial charge in [-0.1, -0.05) is 0 Å². The van der Waals surface area contributed by atoms with Crippen molar-refractivity contribution >= 4 is 16.6 Å². The van der Waals surface area contributed by atoms with Crippen molar-refractivity contribution in [2.45, 2.75) is 19.4 Å². The molecule has 2 rings (SSSR count). The molecule has 1 aromatic carbocycles. The van der Waals surface area contributed by atoms with Crippen molar-refractivity contribution < 1.29 is 4.92 Å². The molecule has 5 nitrogen and oxygen atoms in total. The van der Waals surface area contributed by atoms with Crippen LogP contribution in [0.1, 0.15) is 12.5 Å². The quantitative estimate of drug-likeness (QED) is 0.611. The number of nitrogens with one attached hydrogen (secondary N) is 1. The number of aromatic amines is 1. The van der Waals surface area contributed by atoms with E-state index in [1.54, 1.807) is 12.1 Å². The molecule has 0 aliphatic carbocycles. The third kappa shape index (κ3) is 1.90. The molecule has 0 unspecified atom stereocenters. The summed E-state index contributed by atoms with van der Waals surface area (Å²) in [6.45, 7) is 1.93. The van der Waals surface area contributed by atoms with Gasteiger partial charge in [-0.3, -0.25) is 10.1 Å². The number of hydrogen-bond acceptors (Lipinski definition) is 3. The standard InChI is InChI=1S/C11H13N3O2/c1-7(12)4-8-6-13-11-5-9(14(15)16)2-3-10(8)11/h2-3,5-7,13H,4,12H2,1H3/t7-/m0/s1. The highest BCUT2D eigenvalue weighted by Crippen LogP contribution is 2.23. The topological polar surface area (TPSA) is 85.0 Å². The Morgan fingerprint density at radius 2 is 2.31 bits per heavy atom. The summed E-state index contributed by atoms with van der Waals surface area (Å²) in [6.07, 6.45) is 2.62. The minimum atomic E-state index is -0.397. The van der Waals surface area contributed by atoms with Gasteiger partial charge in [-0.2, -0.15) is 0 Å². The van der Waals surface area contributed by atoms with Gasteiger partial charge in [0.2, 0.25) is 0 Å². The molecule has 0 fully saturated rings. The molecule has 0 bridgehead atoms. The number of nitro groups is 1. The van der Waals surface area contributed by atoms with E-state index in [1.807, 2.05) is 13.1 Å². The largest absolute Gasteiger partial charge is 0.361 e. The summed E-state index contributed by atoms with van der Waals surface area (Å²) in [5.74, 6) is 0. The van der Waals surface area contributed by atoms with E-state index in [-0.39, 0.29) is 11.7 Å². The van der Waals surface area contributed by atoms with Crippen LogP contribution in [0.5, 0.6) is 0 Å². The average molecular weight is 219 g/mol. The van der Waals surface area contributed by atoms with Crippen LogP contribution in [0.4, 0.5) is 5.69 Å². The van der Waals surface area contributed by atoms with Crippen molar-refractivity contribution in [3.05, 3.63) is 40.1 Å². The third-order valence-electron chi connectivity index (χ3n) is 2.50. The van der Waals surface area contributed by atoms with Gasteiger partial charge in [0.25, 0.3) is 5.69 Å². The lowest BCUT2D eigenvalue weighted by Gasteiger charge is -2.02. The maximum atomic E-state index is 10.6. The van der Waals surface area contributed by atoms with Gasteiger partial charge in [0.15, 0.2) is 0 Å². The lowest BCUT2D eigenvalue weighted by molar-refractivity contribution is -0.384. The Kier molecular flexibility index (Phi) is 2.62. The Morgan fingerprint density at radius 3 is 2.94 bits per heavy atom. The molecular formula is C11H13N3O2. The highest BCUT2D eigenvalue weighted by atomic mass is 16.6. The number of H-pyrrole nitrogens is 1. The molecule has 1 aromatic heterocycles.